The van der Waals surface area contributed by atoms with Gasteiger partial charge in [0.15, 0.2) is 0 Å². The smallest absolute Gasteiger partial charge is 0.336 e. The molecule has 0 spiro atoms. The molecule has 4 aromatic rings. The number of hydrogen-bond acceptors (Lipinski definition) is 3. The van der Waals surface area contributed by atoms with Crippen molar-refractivity contribution in [1.29, 1.82) is 0 Å². The summed E-state index contributed by atoms with van der Waals surface area (Å²) in [7, 11) is 0. The first-order valence-corrected chi connectivity index (χ1v) is 12.1. The lowest BCUT2D eigenvalue weighted by Gasteiger charge is -2.27. The van der Waals surface area contributed by atoms with Gasteiger partial charge in [-0.05, 0) is 77.4 Å². The third-order valence-electron chi connectivity index (χ3n) is 6.58. The third kappa shape index (κ3) is 5.28. The van der Waals surface area contributed by atoms with Gasteiger partial charge in [0.2, 0.25) is 0 Å². The number of nitrogens with one attached hydrogen (secondary N) is 1. The van der Waals surface area contributed by atoms with E-state index in [2.05, 4.69) is 41.7 Å². The SMILES string of the molecule is Cc1ccc(-c2cc(-c3ccc4c(c3)CC[C@H](CNCc3ccccc3)O4)ccc2C(=O)O)cc1. The molecule has 2 N–H and O–H groups in total. The van der Waals surface area contributed by atoms with Gasteiger partial charge in [-0.25, -0.2) is 4.79 Å². The minimum Gasteiger partial charge on any atom is -0.489 e. The van der Waals surface area contributed by atoms with Crippen molar-refractivity contribution >= 4 is 5.97 Å². The predicted octanol–water partition coefficient (Wildman–Crippen LogP) is 6.51. The van der Waals surface area contributed by atoms with E-state index >= 15 is 0 Å². The molecule has 0 amide bonds. The summed E-state index contributed by atoms with van der Waals surface area (Å²) in [5, 5.41) is 13.2. The number of aromatic carboxylic acids is 1. The molecule has 0 aromatic heterocycles. The van der Waals surface area contributed by atoms with Crippen molar-refractivity contribution in [2.24, 2.45) is 0 Å². The van der Waals surface area contributed by atoms with Gasteiger partial charge in [-0.2, -0.15) is 0 Å². The van der Waals surface area contributed by atoms with E-state index in [1.54, 1.807) is 6.07 Å². The fourth-order valence-corrected chi connectivity index (χ4v) is 4.62. The van der Waals surface area contributed by atoms with Crippen LogP contribution in [-0.4, -0.2) is 23.7 Å². The number of carbonyl (C=O) groups is 1. The summed E-state index contributed by atoms with van der Waals surface area (Å²) < 4.78 is 6.28. The van der Waals surface area contributed by atoms with Gasteiger partial charge in [0.1, 0.15) is 11.9 Å². The molecule has 4 heteroatoms. The molecule has 0 saturated heterocycles. The highest BCUT2D eigenvalue weighted by molar-refractivity contribution is 5.97. The lowest BCUT2D eigenvalue weighted by atomic mass is 9.92. The molecule has 1 aliphatic heterocycles. The highest BCUT2D eigenvalue weighted by Gasteiger charge is 2.20. The van der Waals surface area contributed by atoms with Crippen LogP contribution in [0, 0.1) is 6.92 Å². The maximum Gasteiger partial charge on any atom is 0.336 e. The number of fused-ring (bicyclic) bond motifs is 1. The zero-order valence-corrected chi connectivity index (χ0v) is 19.8. The first-order valence-electron chi connectivity index (χ1n) is 12.1. The molecule has 4 nitrogen and oxygen atoms in total. The second kappa shape index (κ2) is 10.2. The first-order chi connectivity index (χ1) is 17.1. The Morgan fingerprint density at radius 2 is 1.63 bits per heavy atom. The molecular formula is C31H29NO3. The van der Waals surface area contributed by atoms with Crippen LogP contribution in [0.15, 0.2) is 91.0 Å². The number of carboxylic acid groups (broad SMARTS) is 1. The maximum absolute atomic E-state index is 11.9. The average molecular weight is 464 g/mol. The molecule has 1 heterocycles. The van der Waals surface area contributed by atoms with Crippen LogP contribution in [0.4, 0.5) is 0 Å². The van der Waals surface area contributed by atoms with Gasteiger partial charge in [0.05, 0.1) is 5.56 Å². The lowest BCUT2D eigenvalue weighted by molar-refractivity contribution is 0.0697. The summed E-state index contributed by atoms with van der Waals surface area (Å²) in [5.41, 5.74) is 7.62. The lowest BCUT2D eigenvalue weighted by Crippen LogP contribution is -2.33. The van der Waals surface area contributed by atoms with E-state index in [1.807, 2.05) is 55.5 Å². The van der Waals surface area contributed by atoms with Crippen LogP contribution in [0.5, 0.6) is 5.75 Å². The van der Waals surface area contributed by atoms with Crippen molar-refractivity contribution < 1.29 is 14.6 Å². The molecule has 176 valence electrons. The van der Waals surface area contributed by atoms with E-state index < -0.39 is 5.97 Å². The molecule has 0 unspecified atom stereocenters. The van der Waals surface area contributed by atoms with Crippen LogP contribution in [0.1, 0.15) is 33.5 Å². The van der Waals surface area contributed by atoms with Gasteiger partial charge in [-0.3, -0.25) is 0 Å². The summed E-state index contributed by atoms with van der Waals surface area (Å²) in [5.74, 6) is 0.0188. The normalized spacial score (nSPS) is 14.7. The van der Waals surface area contributed by atoms with Crippen LogP contribution in [0.2, 0.25) is 0 Å². The van der Waals surface area contributed by atoms with Crippen molar-refractivity contribution in [2.45, 2.75) is 32.4 Å². The average Bonchev–Trinajstić information content (AvgIpc) is 2.89. The standard InChI is InChI=1S/C31H29NO3/c1-21-7-9-23(10-8-21)29-18-25(12-15-28(29)31(33)34)24-13-16-30-26(17-24)11-14-27(35-30)20-32-19-22-5-3-2-4-6-22/h2-10,12-13,15-18,27,32H,11,14,19-20H2,1H3,(H,33,34)/t27-/m1/s1. The van der Waals surface area contributed by atoms with Crippen LogP contribution in [-0.2, 0) is 13.0 Å². The minimum absolute atomic E-state index is 0.153. The Morgan fingerprint density at radius 1 is 0.914 bits per heavy atom. The Balaban J connectivity index is 1.33. The number of rotatable bonds is 7. The summed E-state index contributed by atoms with van der Waals surface area (Å²) in [6.07, 6.45) is 2.07. The largest absolute Gasteiger partial charge is 0.489 e. The molecule has 1 aliphatic rings. The van der Waals surface area contributed by atoms with Gasteiger partial charge >= 0.3 is 5.97 Å². The summed E-state index contributed by atoms with van der Waals surface area (Å²) in [6.45, 7) is 3.67. The molecule has 0 saturated carbocycles. The van der Waals surface area contributed by atoms with Gasteiger partial charge in [0, 0.05) is 13.1 Å². The maximum atomic E-state index is 11.9. The molecule has 4 aromatic carbocycles. The number of ether oxygens (including phenoxy) is 1. The molecule has 0 bridgehead atoms. The molecule has 5 rings (SSSR count). The van der Waals surface area contributed by atoms with E-state index in [4.69, 9.17) is 4.74 Å². The van der Waals surface area contributed by atoms with Crippen LogP contribution < -0.4 is 10.1 Å². The van der Waals surface area contributed by atoms with Gasteiger partial charge in [0.25, 0.3) is 0 Å². The highest BCUT2D eigenvalue weighted by Crippen LogP contribution is 2.34. The van der Waals surface area contributed by atoms with Gasteiger partial charge in [-0.15, -0.1) is 0 Å². The Kier molecular flexibility index (Phi) is 6.64. The van der Waals surface area contributed by atoms with E-state index in [0.717, 1.165) is 59.5 Å². The molecule has 35 heavy (non-hydrogen) atoms. The van der Waals surface area contributed by atoms with Crippen molar-refractivity contribution in [2.75, 3.05) is 6.54 Å². The predicted molar refractivity (Wildman–Crippen MR) is 140 cm³/mol. The number of aryl methyl sites for hydroxylation is 2. The zero-order valence-electron chi connectivity index (χ0n) is 19.8. The Hall–Kier alpha value is -3.89. The van der Waals surface area contributed by atoms with Crippen LogP contribution in [0.25, 0.3) is 22.3 Å². The second-order valence-electron chi connectivity index (χ2n) is 9.15. The van der Waals surface area contributed by atoms with Gasteiger partial charge in [-0.1, -0.05) is 72.3 Å². The number of carboxylic acids is 1. The van der Waals surface area contributed by atoms with Crippen molar-refractivity contribution in [3.8, 4) is 28.0 Å². The monoisotopic (exact) mass is 463 g/mol. The first kappa shape index (κ1) is 22.9. The summed E-state index contributed by atoms with van der Waals surface area (Å²) >= 11 is 0. The summed E-state index contributed by atoms with van der Waals surface area (Å²) in [4.78, 5) is 11.9. The topological polar surface area (TPSA) is 58.6 Å². The molecule has 0 aliphatic carbocycles. The van der Waals surface area contributed by atoms with E-state index in [1.165, 1.54) is 11.1 Å². The van der Waals surface area contributed by atoms with E-state index in [9.17, 15) is 9.90 Å². The zero-order chi connectivity index (χ0) is 24.2. The molecule has 0 radical (unpaired) electrons. The highest BCUT2D eigenvalue weighted by atomic mass is 16.5. The van der Waals surface area contributed by atoms with Crippen LogP contribution in [0.3, 0.4) is 0 Å². The van der Waals surface area contributed by atoms with Gasteiger partial charge < -0.3 is 15.2 Å². The third-order valence-corrected chi connectivity index (χ3v) is 6.58. The molecular weight excluding hydrogens is 434 g/mol. The van der Waals surface area contributed by atoms with E-state index in [-0.39, 0.29) is 6.10 Å². The molecule has 1 atom stereocenters. The van der Waals surface area contributed by atoms with Crippen molar-refractivity contribution in [3.63, 3.8) is 0 Å². The fraction of sp³-hybridized carbons (Fsp3) is 0.194. The van der Waals surface area contributed by atoms with Crippen molar-refractivity contribution in [3.05, 3.63) is 113 Å². The minimum atomic E-state index is -0.919. The summed E-state index contributed by atoms with van der Waals surface area (Å²) in [6, 6.07) is 30.2. The fourth-order valence-electron chi connectivity index (χ4n) is 4.62. The van der Waals surface area contributed by atoms with Crippen LogP contribution >= 0.6 is 0 Å². The number of hydrogen-bond donors (Lipinski definition) is 2. The Morgan fingerprint density at radius 3 is 2.40 bits per heavy atom. The quantitative estimate of drug-likeness (QED) is 0.328. The number of benzene rings is 4. The second-order valence-corrected chi connectivity index (χ2v) is 9.15. The Labute approximate surface area is 206 Å². The van der Waals surface area contributed by atoms with Crippen molar-refractivity contribution in [1.82, 2.24) is 5.32 Å². The molecule has 0 fully saturated rings. The van der Waals surface area contributed by atoms with E-state index in [0.29, 0.717) is 5.56 Å². The Bertz CT molecular complexity index is 1330.